The molecule has 3 aliphatic heterocycles. The van der Waals surface area contributed by atoms with Crippen LogP contribution in [0.3, 0.4) is 0 Å². The van der Waals surface area contributed by atoms with E-state index in [0.29, 0.717) is 52.9 Å². The molecule has 1 aromatic heterocycles. The molecule has 7 nitrogen and oxygen atoms in total. The topological polar surface area (TPSA) is 75.1 Å². The van der Waals surface area contributed by atoms with Gasteiger partial charge in [0.05, 0.1) is 17.9 Å². The second-order valence-corrected chi connectivity index (χ2v) is 11.2. The highest BCUT2D eigenvalue weighted by molar-refractivity contribution is 6.44. The first-order valence-electron chi connectivity index (χ1n) is 14.5. The molecule has 0 fully saturated rings. The molecule has 0 aliphatic carbocycles. The second kappa shape index (κ2) is 12.2. The molecule has 2 aromatic rings. The van der Waals surface area contributed by atoms with Gasteiger partial charge in [0.25, 0.3) is 5.91 Å². The minimum absolute atomic E-state index is 0.0806. The van der Waals surface area contributed by atoms with Crippen LogP contribution in [0.5, 0.6) is 0 Å². The highest BCUT2D eigenvalue weighted by Crippen LogP contribution is 2.38. The van der Waals surface area contributed by atoms with Gasteiger partial charge in [-0.3, -0.25) is 9.78 Å². The number of carbonyl (C=O) groups is 2. The minimum atomic E-state index is -0.435. The van der Waals surface area contributed by atoms with Gasteiger partial charge in [0, 0.05) is 42.2 Å². The fourth-order valence-electron chi connectivity index (χ4n) is 5.55. The Morgan fingerprint density at radius 3 is 2.71 bits per heavy atom. The molecule has 0 radical (unpaired) electrons. The van der Waals surface area contributed by atoms with Crippen LogP contribution in [0, 0.1) is 11.7 Å². The van der Waals surface area contributed by atoms with Gasteiger partial charge in [0.15, 0.2) is 0 Å². The van der Waals surface area contributed by atoms with Crippen LogP contribution < -0.4 is 0 Å². The number of aliphatic imine (C=N–C) groups is 1. The molecule has 8 heteroatoms. The third-order valence-electron chi connectivity index (χ3n) is 7.64. The third-order valence-corrected chi connectivity index (χ3v) is 7.64. The molecule has 0 N–H and O–H groups in total. The van der Waals surface area contributed by atoms with E-state index in [1.807, 2.05) is 30.0 Å². The summed E-state index contributed by atoms with van der Waals surface area (Å²) in [6, 6.07) is 8.44. The first-order valence-corrected chi connectivity index (χ1v) is 14.5. The minimum Gasteiger partial charge on any atom is -0.462 e. The van der Waals surface area contributed by atoms with Gasteiger partial charge in [-0.05, 0) is 81.4 Å². The predicted molar refractivity (Wildman–Crippen MR) is 157 cm³/mol. The van der Waals surface area contributed by atoms with Crippen molar-refractivity contribution in [2.24, 2.45) is 10.9 Å². The molecule has 4 heterocycles. The molecular weight excluding hydrogens is 519 g/mol. The second-order valence-electron chi connectivity index (χ2n) is 11.2. The van der Waals surface area contributed by atoms with E-state index in [0.717, 1.165) is 37.1 Å². The van der Waals surface area contributed by atoms with E-state index in [9.17, 15) is 9.59 Å². The number of rotatable bonds is 7. The van der Waals surface area contributed by atoms with Crippen molar-refractivity contribution < 1.29 is 18.7 Å². The molecular formula is C33H37FN4O3. The number of amides is 1. The Kier molecular flexibility index (Phi) is 8.47. The molecule has 0 bridgehead atoms. The molecule has 1 aromatic carbocycles. The lowest BCUT2D eigenvalue weighted by Gasteiger charge is -2.30. The van der Waals surface area contributed by atoms with Gasteiger partial charge in [0.2, 0.25) is 0 Å². The van der Waals surface area contributed by atoms with Crippen LogP contribution in [0.4, 0.5) is 4.39 Å². The first kappa shape index (κ1) is 28.5. The van der Waals surface area contributed by atoms with Crippen LogP contribution in [0.25, 0.3) is 11.3 Å². The van der Waals surface area contributed by atoms with Gasteiger partial charge < -0.3 is 14.5 Å². The Bertz CT molecular complexity index is 1460. The van der Waals surface area contributed by atoms with Crippen LogP contribution in [0.15, 0.2) is 77.0 Å². The Balaban J connectivity index is 1.40. The van der Waals surface area contributed by atoms with E-state index in [4.69, 9.17) is 9.73 Å². The zero-order valence-corrected chi connectivity index (χ0v) is 24.2. The van der Waals surface area contributed by atoms with Gasteiger partial charge in [-0.15, -0.1) is 0 Å². The molecule has 41 heavy (non-hydrogen) atoms. The smallest absolute Gasteiger partial charge is 0.339 e. The number of benzene rings is 1. The zero-order valence-electron chi connectivity index (χ0n) is 24.2. The number of allylic oxidation sites excluding steroid dienone is 3. The molecule has 1 unspecified atom stereocenters. The van der Waals surface area contributed by atoms with Crippen molar-refractivity contribution >= 4 is 17.6 Å². The van der Waals surface area contributed by atoms with Crippen molar-refractivity contribution in [1.82, 2.24) is 14.8 Å². The van der Waals surface area contributed by atoms with E-state index in [-0.39, 0.29) is 24.2 Å². The van der Waals surface area contributed by atoms with Gasteiger partial charge in [-0.25, -0.2) is 14.2 Å². The number of pyridine rings is 1. The Labute approximate surface area is 241 Å². The monoisotopic (exact) mass is 556 g/mol. The van der Waals surface area contributed by atoms with E-state index in [1.165, 1.54) is 12.3 Å². The number of halogens is 1. The fraction of sp³-hybridized carbons (Fsp3) is 0.394. The summed E-state index contributed by atoms with van der Waals surface area (Å²) in [6.45, 7) is 9.57. The molecule has 1 amide bonds. The summed E-state index contributed by atoms with van der Waals surface area (Å²) in [7, 11) is 0. The Hall–Kier alpha value is -4.07. The molecule has 0 saturated heterocycles. The molecule has 3 aliphatic rings. The number of esters is 1. The summed E-state index contributed by atoms with van der Waals surface area (Å²) >= 11 is 0. The van der Waals surface area contributed by atoms with E-state index in [1.54, 1.807) is 25.1 Å². The maximum Gasteiger partial charge on any atom is 0.339 e. The maximum atomic E-state index is 15.5. The SMILES string of the molecule is CCOC(=O)c1ccc(-c2ccc(C3C=C4N=C(C(=O)N5CCCCC=C5C)C=C(CC(C)C)N4C3)c(F)c2)nc1. The summed E-state index contributed by atoms with van der Waals surface area (Å²) in [4.78, 5) is 38.6. The fourth-order valence-corrected chi connectivity index (χ4v) is 5.55. The van der Waals surface area contributed by atoms with Gasteiger partial charge >= 0.3 is 5.97 Å². The lowest BCUT2D eigenvalue weighted by atomic mass is 9.97. The quantitative estimate of drug-likeness (QED) is 0.359. The number of ether oxygens (including phenoxy) is 1. The van der Waals surface area contributed by atoms with Crippen molar-refractivity contribution in [2.45, 2.75) is 59.3 Å². The van der Waals surface area contributed by atoms with E-state index >= 15 is 4.39 Å². The molecule has 214 valence electrons. The van der Waals surface area contributed by atoms with Crippen molar-refractivity contribution in [1.29, 1.82) is 0 Å². The van der Waals surface area contributed by atoms with Crippen LogP contribution in [-0.2, 0) is 9.53 Å². The number of fused-ring (bicyclic) bond motifs is 1. The van der Waals surface area contributed by atoms with Crippen LogP contribution in [0.2, 0.25) is 0 Å². The zero-order chi connectivity index (χ0) is 29.1. The molecule has 5 rings (SSSR count). The standard InChI is InChI=1S/C33H37FN4O3/c1-5-41-33(40)24-11-13-29(35-19-24)23-10-12-27(28(34)16-23)25-17-31-36-30(18-26(15-21(2)3)38(31)20-25)32(39)37-14-8-6-7-9-22(37)4/h9-13,16-19,21,25H,5-8,14-15,20H2,1-4H3. The number of hydrogen-bond donors (Lipinski definition) is 0. The van der Waals surface area contributed by atoms with Crippen molar-refractivity contribution in [2.75, 3.05) is 19.7 Å². The number of aromatic nitrogens is 1. The Morgan fingerprint density at radius 2 is 2.00 bits per heavy atom. The first-order chi connectivity index (χ1) is 19.7. The van der Waals surface area contributed by atoms with Crippen molar-refractivity contribution in [3.63, 3.8) is 0 Å². The summed E-state index contributed by atoms with van der Waals surface area (Å²) in [5.41, 5.74) is 4.56. The lowest BCUT2D eigenvalue weighted by molar-refractivity contribution is -0.122. The lowest BCUT2D eigenvalue weighted by Crippen LogP contribution is -2.37. The van der Waals surface area contributed by atoms with Gasteiger partial charge in [-0.2, -0.15) is 0 Å². The van der Waals surface area contributed by atoms with Gasteiger partial charge in [-0.1, -0.05) is 32.1 Å². The normalized spacial score (nSPS) is 18.7. The predicted octanol–water partition coefficient (Wildman–Crippen LogP) is 6.61. The molecule has 0 spiro atoms. The van der Waals surface area contributed by atoms with Crippen LogP contribution in [-0.4, -0.2) is 52.1 Å². The summed E-state index contributed by atoms with van der Waals surface area (Å²) in [5.74, 6) is 0.0209. The Morgan fingerprint density at radius 1 is 1.17 bits per heavy atom. The maximum absolute atomic E-state index is 15.5. The van der Waals surface area contributed by atoms with Crippen LogP contribution in [0.1, 0.15) is 75.2 Å². The number of carbonyl (C=O) groups excluding carboxylic acids is 2. The third kappa shape index (κ3) is 6.16. The highest BCUT2D eigenvalue weighted by Gasteiger charge is 2.34. The number of nitrogens with zero attached hydrogens (tertiary/aromatic N) is 4. The summed E-state index contributed by atoms with van der Waals surface area (Å²) in [6.07, 6.45) is 11.3. The van der Waals surface area contributed by atoms with Gasteiger partial charge in [0.1, 0.15) is 17.3 Å². The van der Waals surface area contributed by atoms with Crippen LogP contribution >= 0.6 is 0 Å². The van der Waals surface area contributed by atoms with E-state index in [2.05, 4.69) is 29.8 Å². The average molecular weight is 557 g/mol. The van der Waals surface area contributed by atoms with Crippen molar-refractivity contribution in [3.8, 4) is 11.3 Å². The van der Waals surface area contributed by atoms with Crippen molar-refractivity contribution in [3.05, 3.63) is 88.9 Å². The summed E-state index contributed by atoms with van der Waals surface area (Å²) in [5, 5.41) is 0. The summed E-state index contributed by atoms with van der Waals surface area (Å²) < 4.78 is 20.6. The number of hydrogen-bond acceptors (Lipinski definition) is 6. The molecule has 0 saturated carbocycles. The molecule has 1 atom stereocenters. The average Bonchev–Trinajstić information content (AvgIpc) is 3.27. The highest BCUT2D eigenvalue weighted by atomic mass is 19.1. The largest absolute Gasteiger partial charge is 0.462 e. The van der Waals surface area contributed by atoms with E-state index < -0.39 is 5.97 Å².